The van der Waals surface area contributed by atoms with E-state index >= 15 is 0 Å². The number of anilines is 1. The number of nitrogens with two attached hydrogens (primary N) is 1. The molecule has 0 bridgehead atoms. The molecule has 6 heteroatoms. The number of pyridine rings is 1. The van der Waals surface area contributed by atoms with Crippen LogP contribution in [0.2, 0.25) is 0 Å². The molecule has 0 aliphatic carbocycles. The number of rotatable bonds is 4. The summed E-state index contributed by atoms with van der Waals surface area (Å²) in [6, 6.07) is 11.9. The zero-order valence-corrected chi connectivity index (χ0v) is 12.8. The minimum atomic E-state index is 0.382. The summed E-state index contributed by atoms with van der Waals surface area (Å²) < 4.78 is 1.85. The SMILES string of the molecule is Cc1ccc(NC(N)=NCc2ccc(-n3ccnc3)nc2)cc1. The van der Waals surface area contributed by atoms with E-state index in [2.05, 4.69) is 20.3 Å². The number of aryl methyl sites for hydroxylation is 1. The molecule has 0 spiro atoms. The number of hydrogen-bond donors (Lipinski definition) is 2. The van der Waals surface area contributed by atoms with Crippen molar-refractivity contribution in [3.63, 3.8) is 0 Å². The molecular weight excluding hydrogens is 288 g/mol. The summed E-state index contributed by atoms with van der Waals surface area (Å²) in [5.74, 6) is 1.20. The first kappa shape index (κ1) is 14.8. The van der Waals surface area contributed by atoms with Gasteiger partial charge < -0.3 is 11.1 Å². The first-order valence-electron chi connectivity index (χ1n) is 7.27. The lowest BCUT2D eigenvalue weighted by Gasteiger charge is -2.06. The highest BCUT2D eigenvalue weighted by atomic mass is 15.1. The molecule has 0 atom stereocenters. The summed E-state index contributed by atoms with van der Waals surface area (Å²) in [5.41, 5.74) is 9.02. The number of nitrogens with zero attached hydrogens (tertiary/aromatic N) is 4. The lowest BCUT2D eigenvalue weighted by molar-refractivity contribution is 0.967. The first-order valence-corrected chi connectivity index (χ1v) is 7.27. The predicted octanol–water partition coefficient (Wildman–Crippen LogP) is 2.50. The minimum Gasteiger partial charge on any atom is -0.370 e. The fourth-order valence-electron chi connectivity index (χ4n) is 2.06. The monoisotopic (exact) mass is 306 g/mol. The van der Waals surface area contributed by atoms with Crippen LogP contribution in [0.1, 0.15) is 11.1 Å². The van der Waals surface area contributed by atoms with E-state index in [4.69, 9.17) is 5.73 Å². The Morgan fingerprint density at radius 3 is 2.70 bits per heavy atom. The van der Waals surface area contributed by atoms with E-state index in [0.29, 0.717) is 12.5 Å². The lowest BCUT2D eigenvalue weighted by atomic mass is 10.2. The fourth-order valence-corrected chi connectivity index (χ4v) is 2.06. The number of benzene rings is 1. The van der Waals surface area contributed by atoms with E-state index < -0.39 is 0 Å². The Labute approximate surface area is 134 Å². The van der Waals surface area contributed by atoms with Crippen LogP contribution in [-0.4, -0.2) is 20.5 Å². The van der Waals surface area contributed by atoms with Gasteiger partial charge in [-0.25, -0.2) is 15.0 Å². The molecule has 3 N–H and O–H groups in total. The normalized spacial score (nSPS) is 11.4. The first-order chi connectivity index (χ1) is 11.2. The van der Waals surface area contributed by atoms with Crippen molar-refractivity contribution >= 4 is 11.6 Å². The number of aliphatic imine (C=N–C) groups is 1. The molecule has 23 heavy (non-hydrogen) atoms. The van der Waals surface area contributed by atoms with Crippen LogP contribution >= 0.6 is 0 Å². The third-order valence-corrected chi connectivity index (χ3v) is 3.33. The van der Waals surface area contributed by atoms with Crippen LogP contribution in [0.4, 0.5) is 5.69 Å². The average molecular weight is 306 g/mol. The maximum atomic E-state index is 5.90. The standard InChI is InChI=1S/C17H18N6/c1-13-2-5-15(6-3-13)22-17(18)21-11-14-4-7-16(20-10-14)23-9-8-19-12-23/h2-10,12H,11H2,1H3,(H3,18,21,22). The van der Waals surface area contributed by atoms with Gasteiger partial charge in [0.1, 0.15) is 12.1 Å². The van der Waals surface area contributed by atoms with Crippen molar-refractivity contribution in [2.75, 3.05) is 5.32 Å². The molecule has 0 unspecified atom stereocenters. The lowest BCUT2D eigenvalue weighted by Crippen LogP contribution is -2.22. The summed E-state index contributed by atoms with van der Waals surface area (Å²) in [5, 5.41) is 3.07. The van der Waals surface area contributed by atoms with Crippen LogP contribution in [0.25, 0.3) is 5.82 Å². The van der Waals surface area contributed by atoms with Crippen molar-refractivity contribution in [3.05, 3.63) is 72.4 Å². The number of aromatic nitrogens is 3. The van der Waals surface area contributed by atoms with Gasteiger partial charge in [-0.3, -0.25) is 4.57 Å². The molecule has 1 aromatic carbocycles. The summed E-state index contributed by atoms with van der Waals surface area (Å²) >= 11 is 0. The maximum absolute atomic E-state index is 5.90. The molecule has 0 aliphatic heterocycles. The maximum Gasteiger partial charge on any atom is 0.193 e. The van der Waals surface area contributed by atoms with E-state index in [1.165, 1.54) is 5.56 Å². The Balaban J connectivity index is 1.61. The quantitative estimate of drug-likeness (QED) is 0.573. The molecule has 0 amide bonds. The molecule has 0 saturated heterocycles. The van der Waals surface area contributed by atoms with Crippen LogP contribution in [0.15, 0.2) is 66.3 Å². The van der Waals surface area contributed by atoms with E-state index in [9.17, 15) is 0 Å². The van der Waals surface area contributed by atoms with E-state index in [1.54, 1.807) is 18.7 Å². The van der Waals surface area contributed by atoms with Crippen molar-refractivity contribution in [1.82, 2.24) is 14.5 Å². The molecule has 6 nitrogen and oxygen atoms in total. The van der Waals surface area contributed by atoms with Crippen molar-refractivity contribution in [2.45, 2.75) is 13.5 Å². The third-order valence-electron chi connectivity index (χ3n) is 3.33. The highest BCUT2D eigenvalue weighted by Crippen LogP contribution is 2.09. The number of imidazole rings is 1. The Kier molecular flexibility index (Phi) is 4.33. The van der Waals surface area contributed by atoms with E-state index in [-0.39, 0.29) is 0 Å². The largest absolute Gasteiger partial charge is 0.370 e. The van der Waals surface area contributed by atoms with Crippen LogP contribution in [0.3, 0.4) is 0 Å². The minimum absolute atomic E-state index is 0.382. The van der Waals surface area contributed by atoms with Gasteiger partial charge in [0.05, 0.1) is 6.54 Å². The van der Waals surface area contributed by atoms with Gasteiger partial charge in [0.15, 0.2) is 5.96 Å². The second-order valence-electron chi connectivity index (χ2n) is 5.19. The summed E-state index contributed by atoms with van der Waals surface area (Å²) in [4.78, 5) is 12.7. The number of guanidine groups is 1. The van der Waals surface area contributed by atoms with Crippen LogP contribution < -0.4 is 11.1 Å². The smallest absolute Gasteiger partial charge is 0.193 e. The second-order valence-corrected chi connectivity index (χ2v) is 5.19. The summed E-state index contributed by atoms with van der Waals surface area (Å²) in [6.45, 7) is 2.52. The topological polar surface area (TPSA) is 81.1 Å². The molecule has 2 aromatic heterocycles. The molecule has 0 saturated carbocycles. The average Bonchev–Trinajstić information content (AvgIpc) is 3.10. The molecule has 3 rings (SSSR count). The van der Waals surface area contributed by atoms with E-state index in [0.717, 1.165) is 17.1 Å². The Morgan fingerprint density at radius 1 is 1.22 bits per heavy atom. The Hall–Kier alpha value is -3.15. The molecule has 0 fully saturated rings. The highest BCUT2D eigenvalue weighted by molar-refractivity contribution is 5.92. The van der Waals surface area contributed by atoms with Gasteiger partial charge in [-0.2, -0.15) is 0 Å². The summed E-state index contributed by atoms with van der Waals surface area (Å²) in [6.07, 6.45) is 7.07. The molecule has 0 aliphatic rings. The van der Waals surface area contributed by atoms with Crippen LogP contribution in [0.5, 0.6) is 0 Å². The van der Waals surface area contributed by atoms with Gasteiger partial charge in [0.2, 0.25) is 0 Å². The van der Waals surface area contributed by atoms with Gasteiger partial charge in [-0.15, -0.1) is 0 Å². The third kappa shape index (κ3) is 3.94. The fraction of sp³-hybridized carbons (Fsp3) is 0.118. The Bertz CT molecular complexity index is 773. The van der Waals surface area contributed by atoms with Gasteiger partial charge in [-0.1, -0.05) is 23.8 Å². The van der Waals surface area contributed by atoms with Crippen molar-refractivity contribution in [2.24, 2.45) is 10.7 Å². The van der Waals surface area contributed by atoms with Gasteiger partial charge in [-0.05, 0) is 30.7 Å². The van der Waals surface area contributed by atoms with Crippen molar-refractivity contribution in [1.29, 1.82) is 0 Å². The summed E-state index contributed by atoms with van der Waals surface area (Å²) in [7, 11) is 0. The van der Waals surface area contributed by atoms with Gasteiger partial charge in [0, 0.05) is 24.3 Å². The van der Waals surface area contributed by atoms with Gasteiger partial charge >= 0.3 is 0 Å². The van der Waals surface area contributed by atoms with Crippen LogP contribution in [-0.2, 0) is 6.54 Å². The zero-order chi connectivity index (χ0) is 16.1. The number of hydrogen-bond acceptors (Lipinski definition) is 3. The molecule has 3 aromatic rings. The Morgan fingerprint density at radius 2 is 2.04 bits per heavy atom. The molecule has 0 radical (unpaired) electrons. The highest BCUT2D eigenvalue weighted by Gasteiger charge is 1.99. The molecule has 116 valence electrons. The van der Waals surface area contributed by atoms with Crippen LogP contribution in [0, 0.1) is 6.92 Å². The molecular formula is C17H18N6. The molecule has 2 heterocycles. The predicted molar refractivity (Wildman–Crippen MR) is 91.5 cm³/mol. The van der Waals surface area contributed by atoms with E-state index in [1.807, 2.05) is 54.1 Å². The zero-order valence-electron chi connectivity index (χ0n) is 12.8. The van der Waals surface area contributed by atoms with Crippen molar-refractivity contribution < 1.29 is 0 Å². The number of nitrogens with one attached hydrogen (secondary N) is 1. The second kappa shape index (κ2) is 6.74. The van der Waals surface area contributed by atoms with Gasteiger partial charge in [0.25, 0.3) is 0 Å². The van der Waals surface area contributed by atoms with Crippen molar-refractivity contribution in [3.8, 4) is 5.82 Å².